The molecule has 3 N–H and O–H groups in total. The Morgan fingerprint density at radius 2 is 1.79 bits per heavy atom. The van der Waals surface area contributed by atoms with Gasteiger partial charge in [0.05, 0.1) is 18.6 Å². The third kappa shape index (κ3) is 4.41. The number of nitrogens with zero attached hydrogens (tertiary/aromatic N) is 1. The molecule has 0 bridgehead atoms. The van der Waals surface area contributed by atoms with Crippen molar-refractivity contribution in [3.63, 3.8) is 0 Å². The molecule has 1 fully saturated rings. The quantitative estimate of drug-likeness (QED) is 0.418. The van der Waals surface area contributed by atoms with Crippen LogP contribution in [0.4, 0.5) is 0 Å². The second-order valence-electron chi connectivity index (χ2n) is 10.3. The minimum absolute atomic E-state index is 0.0622. The molecule has 0 spiro atoms. The second-order valence-corrected chi connectivity index (χ2v) is 10.3. The molecule has 202 valence electrons. The Morgan fingerprint density at radius 1 is 1.05 bits per heavy atom. The summed E-state index contributed by atoms with van der Waals surface area (Å²) in [7, 11) is 0. The minimum Gasteiger partial charge on any atom is -0.486 e. The van der Waals surface area contributed by atoms with Crippen LogP contribution in [0.3, 0.4) is 0 Å². The number of hydrogen-bond donors (Lipinski definition) is 3. The fourth-order valence-electron chi connectivity index (χ4n) is 6.24. The van der Waals surface area contributed by atoms with Crippen molar-refractivity contribution in [2.24, 2.45) is 0 Å². The van der Waals surface area contributed by atoms with Crippen molar-refractivity contribution in [3.05, 3.63) is 87.8 Å². The van der Waals surface area contributed by atoms with E-state index >= 15 is 0 Å². The van der Waals surface area contributed by atoms with Crippen molar-refractivity contribution < 1.29 is 29.0 Å². The van der Waals surface area contributed by atoms with E-state index in [4.69, 9.17) is 9.15 Å². The molecule has 0 saturated heterocycles. The summed E-state index contributed by atoms with van der Waals surface area (Å²) in [5.41, 5.74) is 0.644. The lowest BCUT2D eigenvalue weighted by Crippen LogP contribution is -2.58. The third-order valence-corrected chi connectivity index (χ3v) is 8.02. The van der Waals surface area contributed by atoms with Crippen LogP contribution in [0.25, 0.3) is 11.0 Å². The van der Waals surface area contributed by atoms with E-state index < -0.39 is 41.6 Å². The van der Waals surface area contributed by atoms with Gasteiger partial charge in [-0.25, -0.2) is 4.79 Å². The molecule has 0 radical (unpaired) electrons. The molecule has 3 aliphatic rings. The number of aliphatic hydroxyl groups excluding tert-OH is 2. The summed E-state index contributed by atoms with van der Waals surface area (Å²) in [6.45, 7) is -0.163. The van der Waals surface area contributed by atoms with Crippen LogP contribution >= 0.6 is 0 Å². The van der Waals surface area contributed by atoms with Crippen molar-refractivity contribution in [2.45, 2.75) is 55.9 Å². The molecule has 2 aliphatic carbocycles. The maximum absolute atomic E-state index is 14.2. The van der Waals surface area contributed by atoms with Gasteiger partial charge in [0.1, 0.15) is 29.1 Å². The number of ether oxygens (including phenoxy) is 1. The molecule has 2 heterocycles. The summed E-state index contributed by atoms with van der Waals surface area (Å²) in [5, 5.41) is 24.3. The number of benzene rings is 2. The van der Waals surface area contributed by atoms with Gasteiger partial charge in [0.2, 0.25) is 5.91 Å². The average molecular weight is 531 g/mol. The normalized spacial score (nSPS) is 24.0. The predicted molar refractivity (Wildman–Crippen MR) is 142 cm³/mol. The highest BCUT2D eigenvalue weighted by Crippen LogP contribution is 2.47. The number of para-hydroxylation sites is 2. The zero-order valence-corrected chi connectivity index (χ0v) is 21.3. The Hall–Kier alpha value is -3.95. The number of carbonyl (C=O) groups is 2. The van der Waals surface area contributed by atoms with E-state index in [1.165, 1.54) is 6.07 Å². The fourth-order valence-corrected chi connectivity index (χ4v) is 6.24. The maximum atomic E-state index is 14.2. The standard InChI is InChI=1S/C30H30N2O7/c33-14-13-31-28(35)20-16-22(26(34)27-25(20)19-10-4-6-12-24(19)38-27)32(18-8-2-3-9-18)29(36)21-15-17-7-1-5-11-23(17)39-30(21)37/h1,4-7,10-12,15-16,18,22,25-27,33-34H,2-3,8-9,13-14H2,(H,31,35). The van der Waals surface area contributed by atoms with Crippen molar-refractivity contribution in [3.8, 4) is 5.75 Å². The molecule has 2 amide bonds. The van der Waals surface area contributed by atoms with E-state index in [1.54, 1.807) is 41.3 Å². The van der Waals surface area contributed by atoms with E-state index in [0.29, 0.717) is 35.1 Å². The SMILES string of the molecule is O=C(NCCO)C1=CC(N(C(=O)c2cc3ccccc3oc2=O)C2CCCC2)C(O)C2Oc3ccccc3C12. The van der Waals surface area contributed by atoms with Crippen LogP contribution < -0.4 is 15.7 Å². The molecular formula is C30H30N2O7. The van der Waals surface area contributed by atoms with Crippen LogP contribution in [0, 0.1) is 0 Å². The van der Waals surface area contributed by atoms with E-state index in [-0.39, 0.29) is 24.8 Å². The molecule has 39 heavy (non-hydrogen) atoms. The van der Waals surface area contributed by atoms with Crippen molar-refractivity contribution in [1.82, 2.24) is 10.2 Å². The number of aliphatic hydroxyl groups is 2. The molecule has 6 rings (SSSR count). The monoisotopic (exact) mass is 530 g/mol. The minimum atomic E-state index is -1.16. The summed E-state index contributed by atoms with van der Waals surface area (Å²) >= 11 is 0. The van der Waals surface area contributed by atoms with Crippen molar-refractivity contribution in [2.75, 3.05) is 13.2 Å². The van der Waals surface area contributed by atoms with Crippen LogP contribution in [-0.2, 0) is 4.79 Å². The highest BCUT2D eigenvalue weighted by molar-refractivity contribution is 5.98. The van der Waals surface area contributed by atoms with Gasteiger partial charge in [0, 0.05) is 29.1 Å². The number of hydrogen-bond acceptors (Lipinski definition) is 7. The van der Waals surface area contributed by atoms with E-state index in [1.807, 2.05) is 18.2 Å². The summed E-state index contributed by atoms with van der Waals surface area (Å²) in [5.74, 6) is -0.926. The third-order valence-electron chi connectivity index (χ3n) is 8.02. The van der Waals surface area contributed by atoms with Gasteiger partial charge in [-0.2, -0.15) is 0 Å². The second kappa shape index (κ2) is 10.3. The van der Waals surface area contributed by atoms with E-state index in [0.717, 1.165) is 18.4 Å². The topological polar surface area (TPSA) is 129 Å². The van der Waals surface area contributed by atoms with Crippen LogP contribution in [0.2, 0.25) is 0 Å². The zero-order valence-electron chi connectivity index (χ0n) is 21.3. The fraction of sp³-hybridized carbons (Fsp3) is 0.367. The Kier molecular flexibility index (Phi) is 6.70. The Bertz CT molecular complexity index is 1510. The molecule has 4 unspecified atom stereocenters. The first-order valence-corrected chi connectivity index (χ1v) is 13.4. The Morgan fingerprint density at radius 3 is 2.59 bits per heavy atom. The Labute approximate surface area is 224 Å². The van der Waals surface area contributed by atoms with Gasteiger partial charge in [-0.15, -0.1) is 0 Å². The van der Waals surface area contributed by atoms with Gasteiger partial charge in [0.15, 0.2) is 0 Å². The molecule has 1 aromatic heterocycles. The Balaban J connectivity index is 1.46. The first-order valence-electron chi connectivity index (χ1n) is 13.4. The maximum Gasteiger partial charge on any atom is 0.349 e. The first kappa shape index (κ1) is 25.3. The molecule has 2 aromatic carbocycles. The molecular weight excluding hydrogens is 500 g/mol. The van der Waals surface area contributed by atoms with Gasteiger partial charge in [-0.1, -0.05) is 49.2 Å². The summed E-state index contributed by atoms with van der Waals surface area (Å²) < 4.78 is 11.6. The van der Waals surface area contributed by atoms with Crippen molar-refractivity contribution in [1.29, 1.82) is 0 Å². The van der Waals surface area contributed by atoms with Crippen molar-refractivity contribution >= 4 is 22.8 Å². The molecule has 9 heteroatoms. The van der Waals surface area contributed by atoms with Gasteiger partial charge >= 0.3 is 5.63 Å². The summed E-state index contributed by atoms with van der Waals surface area (Å²) in [6.07, 6.45) is 2.91. The summed E-state index contributed by atoms with van der Waals surface area (Å²) in [4.78, 5) is 42.0. The largest absolute Gasteiger partial charge is 0.486 e. The highest BCUT2D eigenvalue weighted by atomic mass is 16.5. The van der Waals surface area contributed by atoms with Crippen LogP contribution in [0.15, 0.2) is 75.5 Å². The lowest BCUT2D eigenvalue weighted by Gasteiger charge is -2.43. The lowest BCUT2D eigenvalue weighted by atomic mass is 9.77. The number of amides is 2. The number of nitrogens with one attached hydrogen (secondary N) is 1. The van der Waals surface area contributed by atoms with Gasteiger partial charge in [-0.3, -0.25) is 9.59 Å². The number of fused-ring (bicyclic) bond motifs is 4. The molecule has 4 atom stereocenters. The van der Waals surface area contributed by atoms with Gasteiger partial charge in [0.25, 0.3) is 5.91 Å². The predicted octanol–water partition coefficient (Wildman–Crippen LogP) is 2.50. The number of carbonyl (C=O) groups excluding carboxylic acids is 2. The summed E-state index contributed by atoms with van der Waals surface area (Å²) in [6, 6.07) is 14.7. The van der Waals surface area contributed by atoms with Crippen LogP contribution in [0.1, 0.15) is 47.5 Å². The molecule has 1 saturated carbocycles. The molecule has 9 nitrogen and oxygen atoms in total. The molecule has 1 aliphatic heterocycles. The molecule has 3 aromatic rings. The first-order chi connectivity index (χ1) is 19.0. The van der Waals surface area contributed by atoms with Crippen LogP contribution in [0.5, 0.6) is 5.75 Å². The highest BCUT2D eigenvalue weighted by Gasteiger charge is 2.51. The van der Waals surface area contributed by atoms with Gasteiger partial charge < -0.3 is 29.6 Å². The average Bonchev–Trinajstić information content (AvgIpc) is 3.61. The zero-order chi connectivity index (χ0) is 27.1. The van der Waals surface area contributed by atoms with E-state index in [9.17, 15) is 24.6 Å². The van der Waals surface area contributed by atoms with Crippen LogP contribution in [-0.4, -0.2) is 64.4 Å². The lowest BCUT2D eigenvalue weighted by molar-refractivity contribution is -0.118. The smallest absolute Gasteiger partial charge is 0.349 e. The van der Waals surface area contributed by atoms with Gasteiger partial charge in [-0.05, 0) is 37.1 Å². The number of rotatable bonds is 6. The van der Waals surface area contributed by atoms with E-state index in [2.05, 4.69) is 5.32 Å².